The molecule has 1 amide bonds. The minimum absolute atomic E-state index is 0.112. The Bertz CT molecular complexity index is 870. The molecule has 0 aliphatic rings. The molecule has 1 heterocycles. The van der Waals surface area contributed by atoms with Gasteiger partial charge in [0.1, 0.15) is 0 Å². The molecule has 126 valence electrons. The van der Waals surface area contributed by atoms with Gasteiger partial charge in [-0.1, -0.05) is 60.2 Å². The normalized spacial score (nSPS) is 11.8. The number of benzene rings is 2. The molecule has 3 heteroatoms. The maximum absolute atomic E-state index is 12.8. The highest BCUT2D eigenvalue weighted by atomic mass is 16.1. The minimum atomic E-state index is -0.199. The summed E-state index contributed by atoms with van der Waals surface area (Å²) < 4.78 is 0. The molecule has 0 fully saturated rings. The van der Waals surface area contributed by atoms with Crippen molar-refractivity contribution < 1.29 is 4.79 Å². The third-order valence-electron chi connectivity index (χ3n) is 4.29. The molecule has 1 aromatic heterocycles. The summed E-state index contributed by atoms with van der Waals surface area (Å²) in [4.78, 5) is 17.2. The third-order valence-corrected chi connectivity index (χ3v) is 4.29. The van der Waals surface area contributed by atoms with Gasteiger partial charge in [0.2, 0.25) is 0 Å². The number of hydrogen-bond acceptors (Lipinski definition) is 2. The summed E-state index contributed by atoms with van der Waals surface area (Å²) in [6, 6.07) is 21.8. The van der Waals surface area contributed by atoms with Crippen molar-refractivity contribution in [3.8, 4) is 0 Å². The highest BCUT2D eigenvalue weighted by Crippen LogP contribution is 2.23. The average Bonchev–Trinajstić information content (AvgIpc) is 2.61. The van der Waals surface area contributed by atoms with E-state index in [2.05, 4.69) is 41.5 Å². The lowest BCUT2D eigenvalue weighted by Gasteiger charge is -2.20. The average molecular weight is 330 g/mol. The molecular formula is C22H22N2O. The summed E-state index contributed by atoms with van der Waals surface area (Å²) in [5.41, 5.74) is 5.57. The maximum Gasteiger partial charge on any atom is 0.253 e. The number of aromatic nitrogens is 1. The lowest BCUT2D eigenvalue weighted by molar-refractivity contribution is 0.0942. The largest absolute Gasteiger partial charge is 0.341 e. The van der Waals surface area contributed by atoms with Crippen LogP contribution >= 0.6 is 0 Å². The highest BCUT2D eigenvalue weighted by molar-refractivity contribution is 5.95. The van der Waals surface area contributed by atoms with E-state index in [1.165, 1.54) is 5.56 Å². The number of hydrogen-bond donors (Lipinski definition) is 1. The first kappa shape index (κ1) is 16.9. The van der Waals surface area contributed by atoms with Crippen LogP contribution in [-0.4, -0.2) is 10.9 Å². The number of nitrogens with zero attached hydrogens (tertiary/aromatic N) is 1. The van der Waals surface area contributed by atoms with E-state index in [4.69, 9.17) is 0 Å². The van der Waals surface area contributed by atoms with Crippen LogP contribution in [0.2, 0.25) is 0 Å². The summed E-state index contributed by atoms with van der Waals surface area (Å²) in [6.07, 6.45) is 0. The monoisotopic (exact) mass is 330 g/mol. The first-order valence-corrected chi connectivity index (χ1v) is 8.41. The molecule has 1 N–H and O–H groups in total. The molecule has 3 aromatic rings. The Morgan fingerprint density at radius 1 is 0.840 bits per heavy atom. The van der Waals surface area contributed by atoms with Crippen molar-refractivity contribution >= 4 is 5.91 Å². The van der Waals surface area contributed by atoms with Gasteiger partial charge in [0.25, 0.3) is 5.91 Å². The van der Waals surface area contributed by atoms with Gasteiger partial charge in [-0.2, -0.15) is 0 Å². The van der Waals surface area contributed by atoms with E-state index in [0.29, 0.717) is 5.56 Å². The number of pyridine rings is 1. The van der Waals surface area contributed by atoms with Crippen molar-refractivity contribution in [1.29, 1.82) is 0 Å². The molecule has 0 aliphatic heterocycles. The van der Waals surface area contributed by atoms with Gasteiger partial charge in [0.15, 0.2) is 0 Å². The number of carbonyl (C=O) groups is 1. The Kier molecular flexibility index (Phi) is 4.94. The van der Waals surface area contributed by atoms with Gasteiger partial charge in [-0.05, 0) is 44.0 Å². The van der Waals surface area contributed by atoms with Crippen molar-refractivity contribution in [2.75, 3.05) is 0 Å². The van der Waals surface area contributed by atoms with Crippen LogP contribution in [0.25, 0.3) is 0 Å². The minimum Gasteiger partial charge on any atom is -0.341 e. The van der Waals surface area contributed by atoms with E-state index in [0.717, 1.165) is 22.5 Å². The molecule has 3 nitrogen and oxygen atoms in total. The van der Waals surface area contributed by atoms with E-state index in [1.54, 1.807) is 0 Å². The lowest BCUT2D eigenvalue weighted by atomic mass is 9.97. The smallest absolute Gasteiger partial charge is 0.253 e. The van der Waals surface area contributed by atoms with Crippen molar-refractivity contribution in [2.24, 2.45) is 0 Å². The van der Waals surface area contributed by atoms with Crippen LogP contribution in [-0.2, 0) is 0 Å². The molecule has 0 saturated heterocycles. The molecule has 3 rings (SSSR count). The van der Waals surface area contributed by atoms with Crippen LogP contribution in [0.4, 0.5) is 0 Å². The van der Waals surface area contributed by atoms with Crippen molar-refractivity contribution in [2.45, 2.75) is 26.8 Å². The summed E-state index contributed by atoms with van der Waals surface area (Å²) >= 11 is 0. The van der Waals surface area contributed by atoms with E-state index in [9.17, 15) is 4.79 Å². The van der Waals surface area contributed by atoms with Crippen LogP contribution in [0.3, 0.4) is 0 Å². The number of nitrogens with one attached hydrogen (secondary N) is 1. The zero-order valence-corrected chi connectivity index (χ0v) is 14.8. The zero-order valence-electron chi connectivity index (χ0n) is 14.8. The van der Waals surface area contributed by atoms with Crippen LogP contribution in [0.1, 0.15) is 44.5 Å². The van der Waals surface area contributed by atoms with Crippen molar-refractivity contribution in [3.05, 3.63) is 100 Å². The molecule has 0 aliphatic carbocycles. The van der Waals surface area contributed by atoms with Gasteiger partial charge >= 0.3 is 0 Å². The van der Waals surface area contributed by atoms with Gasteiger partial charge in [-0.25, -0.2) is 0 Å². The second-order valence-corrected chi connectivity index (χ2v) is 6.31. The molecule has 0 bridgehead atoms. The molecule has 0 spiro atoms. The summed E-state index contributed by atoms with van der Waals surface area (Å²) in [5, 5.41) is 3.17. The third kappa shape index (κ3) is 3.94. The Hall–Kier alpha value is -2.94. The van der Waals surface area contributed by atoms with Crippen LogP contribution < -0.4 is 5.32 Å². The number of amides is 1. The fourth-order valence-corrected chi connectivity index (χ4v) is 2.90. The molecule has 0 radical (unpaired) electrons. The Morgan fingerprint density at radius 3 is 2.12 bits per heavy atom. The fourth-order valence-electron chi connectivity index (χ4n) is 2.90. The second-order valence-electron chi connectivity index (χ2n) is 6.31. The van der Waals surface area contributed by atoms with Gasteiger partial charge in [-0.3, -0.25) is 9.78 Å². The van der Waals surface area contributed by atoms with Crippen LogP contribution in [0.5, 0.6) is 0 Å². The van der Waals surface area contributed by atoms with Crippen molar-refractivity contribution in [3.63, 3.8) is 0 Å². The first-order chi connectivity index (χ1) is 12.0. The topological polar surface area (TPSA) is 42.0 Å². The fraction of sp³-hybridized carbons (Fsp3) is 0.182. The summed E-state index contributed by atoms with van der Waals surface area (Å²) in [7, 11) is 0. The second kappa shape index (κ2) is 7.31. The predicted octanol–water partition coefficient (Wildman–Crippen LogP) is 4.53. The standard InChI is InChI=1S/C22H22N2O/c1-15-9-12-19(13-10-15)21(18-7-5-4-6-8-18)24-22(25)20-14-11-16(2)23-17(20)3/h4-14,21H,1-3H3,(H,24,25). The van der Waals surface area contributed by atoms with E-state index in [1.807, 2.05) is 56.3 Å². The Morgan fingerprint density at radius 2 is 1.48 bits per heavy atom. The van der Waals surface area contributed by atoms with E-state index < -0.39 is 0 Å². The predicted molar refractivity (Wildman–Crippen MR) is 101 cm³/mol. The zero-order chi connectivity index (χ0) is 17.8. The molecule has 1 atom stereocenters. The van der Waals surface area contributed by atoms with E-state index >= 15 is 0 Å². The lowest BCUT2D eigenvalue weighted by Crippen LogP contribution is -2.30. The molecule has 0 saturated carbocycles. The summed E-state index contributed by atoms with van der Waals surface area (Å²) in [5.74, 6) is -0.112. The summed E-state index contributed by atoms with van der Waals surface area (Å²) in [6.45, 7) is 5.85. The first-order valence-electron chi connectivity index (χ1n) is 8.41. The highest BCUT2D eigenvalue weighted by Gasteiger charge is 2.19. The van der Waals surface area contributed by atoms with Gasteiger partial charge in [0, 0.05) is 5.69 Å². The van der Waals surface area contributed by atoms with Crippen LogP contribution in [0.15, 0.2) is 66.7 Å². The Balaban J connectivity index is 1.95. The molecule has 25 heavy (non-hydrogen) atoms. The quantitative estimate of drug-likeness (QED) is 0.764. The Labute approximate surface area is 148 Å². The molecule has 2 aromatic carbocycles. The molecular weight excluding hydrogens is 308 g/mol. The SMILES string of the molecule is Cc1ccc(C(NC(=O)c2ccc(C)nc2C)c2ccccc2)cc1. The number of aryl methyl sites for hydroxylation is 3. The number of rotatable bonds is 4. The maximum atomic E-state index is 12.8. The van der Waals surface area contributed by atoms with Gasteiger partial charge in [0.05, 0.1) is 17.3 Å². The van der Waals surface area contributed by atoms with Crippen LogP contribution in [0, 0.1) is 20.8 Å². The van der Waals surface area contributed by atoms with Gasteiger partial charge in [-0.15, -0.1) is 0 Å². The molecule has 1 unspecified atom stereocenters. The van der Waals surface area contributed by atoms with E-state index in [-0.39, 0.29) is 11.9 Å². The van der Waals surface area contributed by atoms with Gasteiger partial charge < -0.3 is 5.32 Å². The number of carbonyl (C=O) groups excluding carboxylic acids is 1. The van der Waals surface area contributed by atoms with Crippen molar-refractivity contribution in [1.82, 2.24) is 10.3 Å².